The van der Waals surface area contributed by atoms with Gasteiger partial charge in [-0.05, 0) is 84.5 Å². The van der Waals surface area contributed by atoms with Gasteiger partial charge >= 0.3 is 7.60 Å². The monoisotopic (exact) mass is 495 g/mol. The van der Waals surface area contributed by atoms with Gasteiger partial charge in [0.25, 0.3) is 0 Å². The predicted octanol–water partition coefficient (Wildman–Crippen LogP) is 6.79. The molecule has 0 aliphatic heterocycles. The lowest BCUT2D eigenvalue weighted by Crippen LogP contribution is -2.04. The average molecular weight is 496 g/mol. The number of amides is 1. The molecule has 0 bridgehead atoms. The van der Waals surface area contributed by atoms with Gasteiger partial charge < -0.3 is 14.8 Å². The second-order valence-electron chi connectivity index (χ2n) is 8.33. The first-order valence-electron chi connectivity index (χ1n) is 12.0. The summed E-state index contributed by atoms with van der Waals surface area (Å²) in [6, 6.07) is 8.05. The Morgan fingerprint density at radius 1 is 0.971 bits per heavy atom. The summed E-state index contributed by atoms with van der Waals surface area (Å²) in [5, 5.41) is 0. The van der Waals surface area contributed by atoms with Crippen molar-refractivity contribution in [1.82, 2.24) is 0 Å². The molecule has 188 valence electrons. The van der Waals surface area contributed by atoms with Crippen LogP contribution in [0.4, 0.5) is 8.78 Å². The van der Waals surface area contributed by atoms with Gasteiger partial charge in [0.05, 0.1) is 19.4 Å². The third-order valence-corrected chi connectivity index (χ3v) is 7.80. The fraction of sp³-hybridized carbons (Fsp3) is 0.500. The first-order chi connectivity index (χ1) is 16.4. The molecular formula is C26H36F2NO4P. The Labute approximate surface area is 201 Å². The number of benzene rings is 2. The highest BCUT2D eigenvalue weighted by Gasteiger charge is 2.26. The zero-order chi connectivity index (χ0) is 25.0. The van der Waals surface area contributed by atoms with E-state index in [4.69, 9.17) is 13.8 Å². The number of rotatable bonds is 13. The molecule has 5 nitrogen and oxygen atoms in total. The summed E-state index contributed by atoms with van der Waals surface area (Å²) in [5.41, 5.74) is 8.67. The van der Waals surface area contributed by atoms with Gasteiger partial charge in [0.2, 0.25) is 6.41 Å². The highest BCUT2D eigenvalue weighted by molar-refractivity contribution is 7.53. The SMILES string of the molecule is CCCCOP(=O)(CCCCc1c(F)ccc2c1Cc1cc(F)ccc1-2)OCCCC.NC=O. The summed E-state index contributed by atoms with van der Waals surface area (Å²) >= 11 is 0. The Morgan fingerprint density at radius 3 is 2.21 bits per heavy atom. The number of halogens is 2. The Bertz CT molecular complexity index is 970. The van der Waals surface area contributed by atoms with Gasteiger partial charge in [0.1, 0.15) is 11.6 Å². The van der Waals surface area contributed by atoms with Crippen LogP contribution in [0.5, 0.6) is 0 Å². The second kappa shape index (κ2) is 14.3. The van der Waals surface area contributed by atoms with E-state index in [9.17, 15) is 13.3 Å². The van der Waals surface area contributed by atoms with E-state index in [2.05, 4.69) is 19.6 Å². The summed E-state index contributed by atoms with van der Waals surface area (Å²) in [7, 11) is -3.12. The minimum atomic E-state index is -3.12. The number of primary amides is 1. The molecular weight excluding hydrogens is 459 g/mol. The Morgan fingerprint density at radius 2 is 1.59 bits per heavy atom. The van der Waals surface area contributed by atoms with E-state index in [0.29, 0.717) is 50.6 Å². The molecule has 0 radical (unpaired) electrons. The summed E-state index contributed by atoms with van der Waals surface area (Å²) in [6.07, 6.45) is 6.68. The Balaban J connectivity index is 0.00000129. The van der Waals surface area contributed by atoms with Crippen LogP contribution in [0.25, 0.3) is 11.1 Å². The maximum atomic E-state index is 14.6. The van der Waals surface area contributed by atoms with Crippen molar-refractivity contribution < 1.29 is 27.2 Å². The predicted molar refractivity (Wildman–Crippen MR) is 132 cm³/mol. The van der Waals surface area contributed by atoms with E-state index in [1.807, 2.05) is 0 Å². The lowest BCUT2D eigenvalue weighted by molar-refractivity contribution is -0.106. The van der Waals surface area contributed by atoms with Crippen LogP contribution in [-0.2, 0) is 31.2 Å². The summed E-state index contributed by atoms with van der Waals surface area (Å²) in [4.78, 5) is 8.58. The van der Waals surface area contributed by atoms with E-state index in [0.717, 1.165) is 47.9 Å². The third-order valence-electron chi connectivity index (χ3n) is 5.78. The normalized spacial score (nSPS) is 12.0. The molecule has 0 saturated heterocycles. The molecule has 34 heavy (non-hydrogen) atoms. The fourth-order valence-electron chi connectivity index (χ4n) is 4.02. The van der Waals surface area contributed by atoms with Crippen molar-refractivity contribution >= 4 is 14.0 Å². The molecule has 0 aromatic heterocycles. The molecule has 8 heteroatoms. The fourth-order valence-corrected chi connectivity index (χ4v) is 5.78. The van der Waals surface area contributed by atoms with Crippen molar-refractivity contribution in [3.05, 3.63) is 58.7 Å². The van der Waals surface area contributed by atoms with Gasteiger partial charge in [-0.2, -0.15) is 0 Å². The zero-order valence-electron chi connectivity index (χ0n) is 20.2. The Kier molecular flexibility index (Phi) is 11.9. The van der Waals surface area contributed by atoms with E-state index < -0.39 is 7.60 Å². The lowest BCUT2D eigenvalue weighted by atomic mass is 9.97. The summed E-state index contributed by atoms with van der Waals surface area (Å²) in [5.74, 6) is -0.496. The highest BCUT2D eigenvalue weighted by atomic mass is 31.2. The first-order valence-corrected chi connectivity index (χ1v) is 13.7. The van der Waals surface area contributed by atoms with Gasteiger partial charge in [0.15, 0.2) is 0 Å². The molecule has 3 rings (SSSR count). The van der Waals surface area contributed by atoms with Gasteiger partial charge in [-0.1, -0.05) is 38.8 Å². The minimum Gasteiger partial charge on any atom is -0.372 e. The van der Waals surface area contributed by atoms with Crippen LogP contribution in [0, 0.1) is 11.6 Å². The maximum Gasteiger partial charge on any atom is 0.330 e. The van der Waals surface area contributed by atoms with Gasteiger partial charge in [0, 0.05) is 0 Å². The van der Waals surface area contributed by atoms with Crippen molar-refractivity contribution in [2.75, 3.05) is 19.4 Å². The summed E-state index contributed by atoms with van der Waals surface area (Å²) < 4.78 is 52.6. The Hall–Kier alpha value is -2.08. The lowest BCUT2D eigenvalue weighted by Gasteiger charge is -2.19. The van der Waals surface area contributed by atoms with Crippen molar-refractivity contribution in [2.24, 2.45) is 5.73 Å². The molecule has 2 aromatic carbocycles. The molecule has 2 aromatic rings. The van der Waals surface area contributed by atoms with E-state index in [1.165, 1.54) is 18.2 Å². The van der Waals surface area contributed by atoms with E-state index in [1.54, 1.807) is 12.1 Å². The van der Waals surface area contributed by atoms with Crippen LogP contribution in [0.3, 0.4) is 0 Å². The molecule has 0 spiro atoms. The molecule has 0 saturated carbocycles. The van der Waals surface area contributed by atoms with E-state index >= 15 is 0 Å². The highest BCUT2D eigenvalue weighted by Crippen LogP contribution is 2.49. The summed E-state index contributed by atoms with van der Waals surface area (Å²) in [6.45, 7) is 5.00. The van der Waals surface area contributed by atoms with Crippen molar-refractivity contribution in [1.29, 1.82) is 0 Å². The molecule has 1 amide bonds. The van der Waals surface area contributed by atoms with Gasteiger partial charge in [-0.3, -0.25) is 9.36 Å². The largest absolute Gasteiger partial charge is 0.372 e. The molecule has 0 heterocycles. The third kappa shape index (κ3) is 8.00. The zero-order valence-corrected chi connectivity index (χ0v) is 21.1. The number of carbonyl (C=O) groups is 1. The molecule has 1 aliphatic carbocycles. The van der Waals surface area contributed by atoms with Crippen molar-refractivity contribution in [3.63, 3.8) is 0 Å². The van der Waals surface area contributed by atoms with Crippen LogP contribution in [0.1, 0.15) is 69.1 Å². The number of fused-ring (bicyclic) bond motifs is 3. The standard InChI is InChI=1S/C25H33F2O3P.CH3NO/c1-3-5-14-29-31(28,30-15-6-4-2)16-8-7-9-23-24-18-19-17-20(26)10-11-21(19)22(24)12-13-25(23)27;2-1-3/h10-13,17H,3-9,14-16,18H2,1-2H3;1H,(H2,2,3). The number of nitrogens with two attached hydrogens (primary N) is 1. The quantitative estimate of drug-likeness (QED) is 0.161. The maximum absolute atomic E-state index is 14.6. The van der Waals surface area contributed by atoms with E-state index in [-0.39, 0.29) is 18.0 Å². The minimum absolute atomic E-state index is 0.228. The topological polar surface area (TPSA) is 78.6 Å². The number of unbranched alkanes of at least 4 members (excludes halogenated alkanes) is 3. The van der Waals surface area contributed by atoms with Crippen LogP contribution < -0.4 is 5.73 Å². The van der Waals surface area contributed by atoms with Gasteiger partial charge in [-0.25, -0.2) is 8.78 Å². The second-order valence-corrected chi connectivity index (χ2v) is 10.5. The number of carbonyl (C=O) groups excluding carboxylic acids is 1. The van der Waals surface area contributed by atoms with Crippen LogP contribution >= 0.6 is 7.60 Å². The molecule has 2 N–H and O–H groups in total. The van der Waals surface area contributed by atoms with Crippen LogP contribution in [0.15, 0.2) is 30.3 Å². The van der Waals surface area contributed by atoms with Crippen LogP contribution in [-0.4, -0.2) is 25.8 Å². The van der Waals surface area contributed by atoms with Crippen molar-refractivity contribution in [3.8, 4) is 11.1 Å². The molecule has 1 aliphatic rings. The number of hydrogen-bond donors (Lipinski definition) is 1. The first kappa shape index (κ1) is 28.2. The molecule has 0 unspecified atom stereocenters. The molecule has 0 fully saturated rings. The smallest absolute Gasteiger partial charge is 0.330 e. The average Bonchev–Trinajstić information content (AvgIpc) is 3.16. The number of hydrogen-bond acceptors (Lipinski definition) is 4. The van der Waals surface area contributed by atoms with Gasteiger partial charge in [-0.15, -0.1) is 0 Å². The van der Waals surface area contributed by atoms with Crippen LogP contribution in [0.2, 0.25) is 0 Å². The molecule has 0 atom stereocenters. The van der Waals surface area contributed by atoms with Crippen molar-refractivity contribution in [2.45, 2.75) is 65.2 Å².